The molecule has 0 amide bonds. The molecule has 6 nitrogen and oxygen atoms in total. The third-order valence-electron chi connectivity index (χ3n) is 2.59. The van der Waals surface area contributed by atoms with Crippen LogP contribution in [-0.4, -0.2) is 23.5 Å². The Morgan fingerprint density at radius 2 is 2.15 bits per heavy atom. The number of thiazole rings is 1. The van der Waals surface area contributed by atoms with Gasteiger partial charge >= 0.3 is 0 Å². The number of nitrogens with zero attached hydrogens (tertiary/aromatic N) is 2. The third-order valence-corrected chi connectivity index (χ3v) is 4.75. The van der Waals surface area contributed by atoms with Crippen LogP contribution in [0.15, 0.2) is 28.7 Å². The second-order valence-corrected chi connectivity index (χ2v) is 6.99. The van der Waals surface area contributed by atoms with Crippen molar-refractivity contribution >= 4 is 26.5 Å². The summed E-state index contributed by atoms with van der Waals surface area (Å²) in [6, 6.07) is 2.87. The maximum atomic E-state index is 12.1. The molecule has 108 valence electrons. The molecule has 8 heteroatoms. The molecule has 2 rings (SSSR count). The summed E-state index contributed by atoms with van der Waals surface area (Å²) in [6.07, 6.45) is 1.33. The van der Waals surface area contributed by atoms with E-state index in [4.69, 9.17) is 5.11 Å². The van der Waals surface area contributed by atoms with Crippen LogP contribution in [0.25, 0.3) is 0 Å². The molecule has 0 atom stereocenters. The Bertz CT molecular complexity index is 678. The average Bonchev–Trinajstić information content (AvgIpc) is 2.87. The van der Waals surface area contributed by atoms with Crippen LogP contribution in [0.3, 0.4) is 0 Å². The van der Waals surface area contributed by atoms with Gasteiger partial charge in [-0.25, -0.2) is 9.97 Å². The van der Waals surface area contributed by atoms with Crippen LogP contribution in [0.1, 0.15) is 31.0 Å². The van der Waals surface area contributed by atoms with Crippen LogP contribution in [-0.2, 0) is 16.6 Å². The number of pyridine rings is 1. The maximum Gasteiger partial charge on any atom is 0.281 e. The fourth-order valence-corrected chi connectivity index (χ4v) is 3.48. The van der Waals surface area contributed by atoms with Crippen LogP contribution >= 0.6 is 11.3 Å². The van der Waals surface area contributed by atoms with Crippen LogP contribution in [0.2, 0.25) is 0 Å². The predicted octanol–water partition coefficient (Wildman–Crippen LogP) is 1.95. The lowest BCUT2D eigenvalue weighted by atomic mass is 10.2. The van der Waals surface area contributed by atoms with Gasteiger partial charge in [0, 0.05) is 11.6 Å². The first-order valence-electron chi connectivity index (χ1n) is 5.96. The van der Waals surface area contributed by atoms with Crippen LogP contribution in [0.4, 0.5) is 5.13 Å². The molecule has 2 aromatic heterocycles. The summed E-state index contributed by atoms with van der Waals surface area (Å²) in [5.74, 6) is 0.242. The minimum absolute atomic E-state index is 0.101. The Labute approximate surface area is 121 Å². The molecular formula is C12H15N3O3S2. The number of sulfonamides is 1. The lowest BCUT2D eigenvalue weighted by Crippen LogP contribution is -2.14. The second kappa shape index (κ2) is 5.86. The van der Waals surface area contributed by atoms with Gasteiger partial charge in [-0.1, -0.05) is 19.9 Å². The van der Waals surface area contributed by atoms with Gasteiger partial charge < -0.3 is 5.11 Å². The molecule has 0 spiro atoms. The molecule has 0 unspecified atom stereocenters. The average molecular weight is 313 g/mol. The van der Waals surface area contributed by atoms with E-state index in [9.17, 15) is 8.42 Å². The number of aromatic nitrogens is 2. The highest BCUT2D eigenvalue weighted by atomic mass is 32.2. The fraction of sp³-hybridized carbons (Fsp3) is 0.333. The van der Waals surface area contributed by atoms with E-state index in [-0.39, 0.29) is 17.6 Å². The molecular weight excluding hydrogens is 298 g/mol. The van der Waals surface area contributed by atoms with Crippen molar-refractivity contribution in [3.05, 3.63) is 35.0 Å². The van der Waals surface area contributed by atoms with Crippen LogP contribution in [0, 0.1) is 0 Å². The van der Waals surface area contributed by atoms with Gasteiger partial charge in [0.05, 0.1) is 12.3 Å². The minimum atomic E-state index is -3.75. The van der Waals surface area contributed by atoms with Crippen molar-refractivity contribution in [2.75, 3.05) is 4.72 Å². The van der Waals surface area contributed by atoms with Crippen molar-refractivity contribution in [3.63, 3.8) is 0 Å². The van der Waals surface area contributed by atoms with Gasteiger partial charge in [0.15, 0.2) is 10.2 Å². The third kappa shape index (κ3) is 3.33. The largest absolute Gasteiger partial charge is 0.392 e. The van der Waals surface area contributed by atoms with E-state index in [1.165, 1.54) is 29.7 Å². The zero-order chi connectivity index (χ0) is 14.8. The first kappa shape index (κ1) is 14.9. The second-order valence-electron chi connectivity index (χ2n) is 4.50. The highest BCUT2D eigenvalue weighted by Crippen LogP contribution is 2.23. The molecule has 0 saturated heterocycles. The number of aliphatic hydroxyl groups is 1. The van der Waals surface area contributed by atoms with Crippen LogP contribution < -0.4 is 4.72 Å². The zero-order valence-corrected chi connectivity index (χ0v) is 12.7. The molecule has 0 aliphatic heterocycles. The molecule has 20 heavy (non-hydrogen) atoms. The summed E-state index contributed by atoms with van der Waals surface area (Å²) in [6.45, 7) is 3.80. The number of hydrogen-bond acceptors (Lipinski definition) is 6. The van der Waals surface area contributed by atoms with Crippen molar-refractivity contribution in [1.29, 1.82) is 0 Å². The monoisotopic (exact) mass is 313 g/mol. The van der Waals surface area contributed by atoms with Crippen molar-refractivity contribution in [2.45, 2.75) is 31.4 Å². The normalized spacial score (nSPS) is 11.8. The lowest BCUT2D eigenvalue weighted by Gasteiger charge is -2.05. The fourth-order valence-electron chi connectivity index (χ4n) is 1.43. The quantitative estimate of drug-likeness (QED) is 0.880. The Kier molecular flexibility index (Phi) is 4.36. The van der Waals surface area contributed by atoms with Gasteiger partial charge in [0.2, 0.25) is 0 Å². The summed E-state index contributed by atoms with van der Waals surface area (Å²) in [4.78, 5) is 8.04. The number of hydrogen-bond donors (Lipinski definition) is 2. The van der Waals surface area contributed by atoms with Gasteiger partial charge in [0.1, 0.15) is 0 Å². The van der Waals surface area contributed by atoms with Gasteiger partial charge in [0.25, 0.3) is 10.0 Å². The van der Waals surface area contributed by atoms with E-state index in [2.05, 4.69) is 14.7 Å². The Balaban J connectivity index is 2.21. The Morgan fingerprint density at radius 1 is 1.40 bits per heavy atom. The smallest absolute Gasteiger partial charge is 0.281 e. The van der Waals surface area contributed by atoms with Gasteiger partial charge in [-0.2, -0.15) is 8.42 Å². The topological polar surface area (TPSA) is 92.2 Å². The molecule has 0 aliphatic rings. The van der Waals surface area contributed by atoms with E-state index in [1.54, 1.807) is 0 Å². The van der Waals surface area contributed by atoms with Crippen molar-refractivity contribution in [1.82, 2.24) is 9.97 Å². The number of rotatable bonds is 5. The van der Waals surface area contributed by atoms with Crippen molar-refractivity contribution in [3.8, 4) is 0 Å². The van der Waals surface area contributed by atoms with Gasteiger partial charge in [-0.3, -0.25) is 4.72 Å². The number of anilines is 1. The van der Waals surface area contributed by atoms with E-state index in [0.717, 1.165) is 5.69 Å². The van der Waals surface area contributed by atoms with Crippen molar-refractivity contribution < 1.29 is 13.5 Å². The van der Waals surface area contributed by atoms with Crippen molar-refractivity contribution in [2.24, 2.45) is 0 Å². The van der Waals surface area contributed by atoms with E-state index >= 15 is 0 Å². The predicted molar refractivity (Wildman–Crippen MR) is 77.2 cm³/mol. The minimum Gasteiger partial charge on any atom is -0.392 e. The molecule has 2 heterocycles. The Morgan fingerprint density at radius 3 is 2.65 bits per heavy atom. The molecule has 0 fully saturated rings. The molecule has 0 aromatic carbocycles. The summed E-state index contributed by atoms with van der Waals surface area (Å²) in [5.41, 5.74) is 1.40. The summed E-state index contributed by atoms with van der Waals surface area (Å²) >= 11 is 1.24. The number of nitrogens with one attached hydrogen (secondary N) is 1. The van der Waals surface area contributed by atoms with Gasteiger partial charge in [-0.05, 0) is 17.5 Å². The van der Waals surface area contributed by atoms with Gasteiger partial charge in [-0.15, -0.1) is 11.3 Å². The van der Waals surface area contributed by atoms with E-state index in [1.807, 2.05) is 19.2 Å². The van der Waals surface area contributed by atoms with E-state index < -0.39 is 10.0 Å². The van der Waals surface area contributed by atoms with Crippen LogP contribution in [0.5, 0.6) is 0 Å². The molecule has 2 N–H and O–H groups in total. The highest BCUT2D eigenvalue weighted by Gasteiger charge is 2.18. The zero-order valence-electron chi connectivity index (χ0n) is 11.1. The summed E-state index contributed by atoms with van der Waals surface area (Å²) in [7, 11) is -3.75. The Hall–Kier alpha value is -1.51. The highest BCUT2D eigenvalue weighted by molar-refractivity contribution is 7.92. The lowest BCUT2D eigenvalue weighted by molar-refractivity contribution is 0.281. The molecule has 0 radical (unpaired) electrons. The van der Waals surface area contributed by atoms with E-state index in [0.29, 0.717) is 10.7 Å². The summed E-state index contributed by atoms with van der Waals surface area (Å²) < 4.78 is 26.6. The first-order valence-corrected chi connectivity index (χ1v) is 8.32. The standard InChI is InChI=1S/C12H15N3O3S2/c1-8(2)10-7-19-12(14-10)15-20(17,18)11-4-3-9(6-16)5-13-11/h3-5,7-8,16H,6H2,1-2H3,(H,14,15). The number of aliphatic hydroxyl groups excluding tert-OH is 1. The SMILES string of the molecule is CC(C)c1csc(NS(=O)(=O)c2ccc(CO)cn2)n1. The molecule has 0 bridgehead atoms. The first-order chi connectivity index (χ1) is 9.42. The maximum absolute atomic E-state index is 12.1. The molecule has 0 aliphatic carbocycles. The molecule has 0 saturated carbocycles. The summed E-state index contributed by atoms with van der Waals surface area (Å²) in [5, 5.41) is 11.0. The molecule has 2 aromatic rings.